The van der Waals surface area contributed by atoms with Crippen molar-refractivity contribution in [2.24, 2.45) is 0 Å². The summed E-state index contributed by atoms with van der Waals surface area (Å²) in [4.78, 5) is 26.0. The SMILES string of the molecule is CC(C)c1ccc(N2CC(CNC(=O)NCc3ccccc3)OCC2=O)cc1. The number of nitrogens with one attached hydrogen (secondary N) is 2. The molecule has 3 rings (SSSR count). The summed E-state index contributed by atoms with van der Waals surface area (Å²) in [6.45, 7) is 5.51. The van der Waals surface area contributed by atoms with Crippen LogP contribution in [0, 0.1) is 0 Å². The van der Waals surface area contributed by atoms with E-state index < -0.39 is 0 Å². The standard InChI is InChI=1S/C22H27N3O3/c1-16(2)18-8-10-19(11-9-18)25-14-20(28-15-21(25)26)13-24-22(27)23-12-17-6-4-3-5-7-17/h3-11,16,20H,12-15H2,1-2H3,(H2,23,24,27). The molecule has 148 valence electrons. The van der Waals surface area contributed by atoms with Crippen LogP contribution >= 0.6 is 0 Å². The number of anilines is 1. The Bertz CT molecular complexity index is 790. The lowest BCUT2D eigenvalue weighted by Crippen LogP contribution is -2.51. The average molecular weight is 381 g/mol. The smallest absolute Gasteiger partial charge is 0.315 e. The molecule has 6 nitrogen and oxygen atoms in total. The number of morpholine rings is 1. The highest BCUT2D eigenvalue weighted by molar-refractivity contribution is 5.95. The van der Waals surface area contributed by atoms with Gasteiger partial charge in [-0.1, -0.05) is 56.3 Å². The number of amides is 3. The van der Waals surface area contributed by atoms with Gasteiger partial charge < -0.3 is 20.3 Å². The van der Waals surface area contributed by atoms with E-state index in [0.717, 1.165) is 11.3 Å². The van der Waals surface area contributed by atoms with Crippen LogP contribution in [0.1, 0.15) is 30.9 Å². The first kappa shape index (κ1) is 19.9. The monoisotopic (exact) mass is 381 g/mol. The minimum atomic E-state index is -0.253. The second-order valence-corrected chi connectivity index (χ2v) is 7.23. The van der Waals surface area contributed by atoms with Crippen molar-refractivity contribution in [3.05, 3.63) is 65.7 Å². The zero-order valence-corrected chi connectivity index (χ0v) is 16.4. The predicted molar refractivity (Wildman–Crippen MR) is 109 cm³/mol. The largest absolute Gasteiger partial charge is 0.365 e. The van der Waals surface area contributed by atoms with E-state index in [-0.39, 0.29) is 24.6 Å². The van der Waals surface area contributed by atoms with E-state index in [1.165, 1.54) is 5.56 Å². The number of nitrogens with zero attached hydrogens (tertiary/aromatic N) is 1. The first-order valence-corrected chi connectivity index (χ1v) is 9.60. The first-order valence-electron chi connectivity index (χ1n) is 9.60. The fourth-order valence-corrected chi connectivity index (χ4v) is 3.08. The lowest BCUT2D eigenvalue weighted by molar-refractivity contribution is -0.129. The van der Waals surface area contributed by atoms with E-state index in [1.807, 2.05) is 54.6 Å². The molecule has 1 aliphatic rings. The van der Waals surface area contributed by atoms with Crippen molar-refractivity contribution in [2.45, 2.75) is 32.4 Å². The maximum absolute atomic E-state index is 12.3. The lowest BCUT2D eigenvalue weighted by atomic mass is 10.0. The van der Waals surface area contributed by atoms with E-state index in [0.29, 0.717) is 25.6 Å². The fourth-order valence-electron chi connectivity index (χ4n) is 3.08. The third kappa shape index (κ3) is 5.33. The third-order valence-electron chi connectivity index (χ3n) is 4.79. The molecular formula is C22H27N3O3. The van der Waals surface area contributed by atoms with Gasteiger partial charge in [0.2, 0.25) is 0 Å². The molecule has 0 radical (unpaired) electrons. The molecule has 6 heteroatoms. The molecule has 2 aromatic rings. The van der Waals surface area contributed by atoms with Crippen molar-refractivity contribution >= 4 is 17.6 Å². The summed E-state index contributed by atoms with van der Waals surface area (Å²) in [5, 5.41) is 5.64. The van der Waals surface area contributed by atoms with Crippen LogP contribution in [0.2, 0.25) is 0 Å². The molecule has 0 bridgehead atoms. The minimum Gasteiger partial charge on any atom is -0.365 e. The molecule has 0 spiro atoms. The summed E-state index contributed by atoms with van der Waals surface area (Å²) in [6, 6.07) is 17.5. The molecule has 1 aliphatic heterocycles. The van der Waals surface area contributed by atoms with Crippen LogP contribution in [0.4, 0.5) is 10.5 Å². The molecular weight excluding hydrogens is 354 g/mol. The van der Waals surface area contributed by atoms with Gasteiger partial charge in [0.25, 0.3) is 5.91 Å². The molecule has 1 unspecified atom stereocenters. The van der Waals surface area contributed by atoms with Crippen LogP contribution in [-0.4, -0.2) is 37.7 Å². The van der Waals surface area contributed by atoms with Gasteiger partial charge in [-0.3, -0.25) is 4.79 Å². The minimum absolute atomic E-state index is 0.0178. The normalized spacial score (nSPS) is 16.9. The summed E-state index contributed by atoms with van der Waals surface area (Å²) in [5.41, 5.74) is 3.13. The Kier molecular flexibility index (Phi) is 6.66. The summed E-state index contributed by atoms with van der Waals surface area (Å²) in [5.74, 6) is 0.378. The molecule has 1 saturated heterocycles. The van der Waals surface area contributed by atoms with E-state index in [4.69, 9.17) is 4.74 Å². The number of ether oxygens (including phenoxy) is 1. The van der Waals surface area contributed by atoms with E-state index in [9.17, 15) is 9.59 Å². The van der Waals surface area contributed by atoms with Crippen molar-refractivity contribution in [1.82, 2.24) is 10.6 Å². The quantitative estimate of drug-likeness (QED) is 0.808. The molecule has 0 aromatic heterocycles. The summed E-state index contributed by atoms with van der Waals surface area (Å²) < 4.78 is 5.58. The molecule has 0 aliphatic carbocycles. The van der Waals surface area contributed by atoms with Gasteiger partial charge in [0.15, 0.2) is 0 Å². The van der Waals surface area contributed by atoms with Gasteiger partial charge in [-0.15, -0.1) is 0 Å². The van der Waals surface area contributed by atoms with Crippen LogP contribution in [0.3, 0.4) is 0 Å². The highest BCUT2D eigenvalue weighted by atomic mass is 16.5. The van der Waals surface area contributed by atoms with Gasteiger partial charge >= 0.3 is 6.03 Å². The Hall–Kier alpha value is -2.86. The molecule has 1 fully saturated rings. The van der Waals surface area contributed by atoms with Gasteiger partial charge in [0.05, 0.1) is 12.6 Å². The summed E-state index contributed by atoms with van der Waals surface area (Å²) >= 11 is 0. The number of hydrogen-bond acceptors (Lipinski definition) is 3. The zero-order valence-electron chi connectivity index (χ0n) is 16.4. The van der Waals surface area contributed by atoms with E-state index in [2.05, 4.69) is 24.5 Å². The van der Waals surface area contributed by atoms with E-state index >= 15 is 0 Å². The second kappa shape index (κ2) is 9.37. The number of carbonyl (C=O) groups excluding carboxylic acids is 2. The van der Waals surface area contributed by atoms with Crippen molar-refractivity contribution in [3.8, 4) is 0 Å². The van der Waals surface area contributed by atoms with Crippen molar-refractivity contribution in [1.29, 1.82) is 0 Å². The van der Waals surface area contributed by atoms with Crippen molar-refractivity contribution in [3.63, 3.8) is 0 Å². The number of urea groups is 1. The fraction of sp³-hybridized carbons (Fsp3) is 0.364. The Morgan fingerprint density at radius 2 is 1.82 bits per heavy atom. The highest BCUT2D eigenvalue weighted by Crippen LogP contribution is 2.22. The molecule has 1 atom stereocenters. The summed E-state index contributed by atoms with van der Waals surface area (Å²) in [6.07, 6.45) is -0.245. The Balaban J connectivity index is 1.50. The van der Waals surface area contributed by atoms with Crippen LogP contribution in [-0.2, 0) is 16.1 Å². The maximum Gasteiger partial charge on any atom is 0.315 e. The Morgan fingerprint density at radius 1 is 1.11 bits per heavy atom. The molecule has 1 heterocycles. The number of benzene rings is 2. The van der Waals surface area contributed by atoms with Crippen LogP contribution in [0.15, 0.2) is 54.6 Å². The highest BCUT2D eigenvalue weighted by Gasteiger charge is 2.27. The van der Waals surface area contributed by atoms with Crippen LogP contribution in [0.25, 0.3) is 0 Å². The Morgan fingerprint density at radius 3 is 2.50 bits per heavy atom. The molecule has 2 N–H and O–H groups in total. The molecule has 0 saturated carbocycles. The zero-order chi connectivity index (χ0) is 19.9. The molecule has 28 heavy (non-hydrogen) atoms. The van der Waals surface area contributed by atoms with Gasteiger partial charge in [0, 0.05) is 18.8 Å². The van der Waals surface area contributed by atoms with E-state index in [1.54, 1.807) is 4.90 Å². The topological polar surface area (TPSA) is 70.7 Å². The first-order chi connectivity index (χ1) is 13.5. The maximum atomic E-state index is 12.3. The molecule has 2 aromatic carbocycles. The average Bonchev–Trinajstić information content (AvgIpc) is 2.72. The van der Waals surface area contributed by atoms with Gasteiger partial charge in [-0.25, -0.2) is 4.79 Å². The van der Waals surface area contributed by atoms with Gasteiger partial charge in [-0.2, -0.15) is 0 Å². The number of hydrogen-bond donors (Lipinski definition) is 2. The lowest BCUT2D eigenvalue weighted by Gasteiger charge is -2.33. The van der Waals surface area contributed by atoms with Gasteiger partial charge in [-0.05, 0) is 29.2 Å². The van der Waals surface area contributed by atoms with Crippen LogP contribution < -0.4 is 15.5 Å². The van der Waals surface area contributed by atoms with Crippen molar-refractivity contribution < 1.29 is 14.3 Å². The summed E-state index contributed by atoms with van der Waals surface area (Å²) in [7, 11) is 0. The Labute approximate surface area is 165 Å². The van der Waals surface area contributed by atoms with Gasteiger partial charge in [0.1, 0.15) is 6.61 Å². The third-order valence-corrected chi connectivity index (χ3v) is 4.79. The number of rotatable bonds is 6. The predicted octanol–water partition coefficient (Wildman–Crippen LogP) is 3.04. The van der Waals surface area contributed by atoms with Crippen LogP contribution in [0.5, 0.6) is 0 Å². The second-order valence-electron chi connectivity index (χ2n) is 7.23. The van der Waals surface area contributed by atoms with Crippen molar-refractivity contribution in [2.75, 3.05) is 24.6 Å². The number of carbonyl (C=O) groups is 2. The molecule has 3 amide bonds.